The molecule has 2 aliphatic heterocycles. The Hall–Kier alpha value is -5.09. The van der Waals surface area contributed by atoms with Crippen molar-refractivity contribution in [2.45, 2.75) is 26.4 Å². The van der Waals surface area contributed by atoms with E-state index in [0.29, 0.717) is 33.2 Å². The first-order valence-corrected chi connectivity index (χ1v) is 19.6. The molecule has 0 saturated heterocycles. The van der Waals surface area contributed by atoms with Crippen LogP contribution >= 0.6 is 81.2 Å². The smallest absolute Gasteiger partial charge is 0.395 e. The second-order valence-corrected chi connectivity index (χ2v) is 14.8. The van der Waals surface area contributed by atoms with Crippen LogP contribution in [0.4, 0.5) is 29.2 Å². The van der Waals surface area contributed by atoms with Crippen molar-refractivity contribution in [3.63, 3.8) is 0 Å². The lowest BCUT2D eigenvalue weighted by Gasteiger charge is -2.07. The lowest BCUT2D eigenvalue weighted by molar-refractivity contribution is -0.287. The van der Waals surface area contributed by atoms with Crippen molar-refractivity contribution in [3.8, 4) is 45.5 Å². The van der Waals surface area contributed by atoms with Crippen LogP contribution in [0, 0.1) is 13.8 Å². The molecule has 0 spiro atoms. The maximum Gasteiger partial charge on any atom is 0.586 e. The quantitative estimate of drug-likeness (QED) is 0.0941. The number of amides is 1. The maximum atomic E-state index is 13.2. The van der Waals surface area contributed by atoms with Crippen molar-refractivity contribution in [1.29, 1.82) is 0 Å². The molecule has 328 valence electrons. The zero-order valence-corrected chi connectivity index (χ0v) is 36.9. The number of anilines is 2. The van der Waals surface area contributed by atoms with E-state index < -0.39 is 23.7 Å². The molecule has 0 unspecified atom stereocenters. The van der Waals surface area contributed by atoms with Gasteiger partial charge in [-0.2, -0.15) is 10.2 Å². The van der Waals surface area contributed by atoms with Crippen LogP contribution in [0.2, 0.25) is 20.1 Å². The number of rotatable bonds is 5. The van der Waals surface area contributed by atoms with Crippen molar-refractivity contribution in [1.82, 2.24) is 39.5 Å². The molecule has 0 saturated carbocycles. The summed E-state index contributed by atoms with van der Waals surface area (Å²) in [6, 6.07) is 5.04. The highest BCUT2D eigenvalue weighted by atomic mass is 35.5. The number of benzene rings is 2. The minimum Gasteiger partial charge on any atom is -0.395 e. The van der Waals surface area contributed by atoms with Gasteiger partial charge in [0.05, 0.1) is 73.0 Å². The highest BCUT2D eigenvalue weighted by molar-refractivity contribution is 6.68. The molecule has 2 aliphatic rings. The summed E-state index contributed by atoms with van der Waals surface area (Å²) >= 11 is 38.7. The Balaban J connectivity index is 0.000000188. The van der Waals surface area contributed by atoms with Gasteiger partial charge in [-0.1, -0.05) is 46.4 Å². The number of halogens is 11. The number of nitrogens with two attached hydrogens (primary N) is 1. The number of nitrogens with one attached hydrogen (secondary N) is 1. The highest BCUT2D eigenvalue weighted by Gasteiger charge is 2.45. The zero-order chi connectivity index (χ0) is 45.8. The van der Waals surface area contributed by atoms with E-state index >= 15 is 0 Å². The van der Waals surface area contributed by atoms with Gasteiger partial charge in [0.1, 0.15) is 17.2 Å². The number of fused-ring (bicyclic) bond motifs is 2. The van der Waals surface area contributed by atoms with E-state index in [9.17, 15) is 27.2 Å². The van der Waals surface area contributed by atoms with Crippen molar-refractivity contribution >= 4 is 104 Å². The lowest BCUT2D eigenvalue weighted by atomic mass is 10.1. The fourth-order valence-electron chi connectivity index (χ4n) is 5.24. The van der Waals surface area contributed by atoms with Gasteiger partial charge in [-0.15, -0.1) is 40.8 Å². The first kappa shape index (κ1) is 48.0. The second kappa shape index (κ2) is 19.5. The second-order valence-electron chi connectivity index (χ2n) is 12.1. The normalized spacial score (nSPS) is 13.5. The first-order valence-electron chi connectivity index (χ1n) is 16.6. The van der Waals surface area contributed by atoms with E-state index in [1.54, 1.807) is 27.9 Å². The summed E-state index contributed by atoms with van der Waals surface area (Å²) in [6.45, 7) is 3.39. The highest BCUT2D eigenvalue weighted by Crippen LogP contribution is 2.47. The molecule has 0 bridgehead atoms. The Morgan fingerprint density at radius 2 is 1.08 bits per heavy atom. The van der Waals surface area contributed by atoms with Crippen molar-refractivity contribution in [3.05, 3.63) is 91.9 Å². The van der Waals surface area contributed by atoms with Crippen LogP contribution in [-0.2, 0) is 14.1 Å². The number of alkyl halides is 6. The number of carbonyl (C=O) groups excluding carboxylic acids is 2. The molecule has 4 aromatic heterocycles. The van der Waals surface area contributed by atoms with E-state index in [1.807, 2.05) is 0 Å². The van der Waals surface area contributed by atoms with Gasteiger partial charge in [0.2, 0.25) is 0 Å². The van der Waals surface area contributed by atoms with Gasteiger partial charge >= 0.3 is 12.6 Å². The van der Waals surface area contributed by atoms with Crippen molar-refractivity contribution < 1.29 is 46.1 Å². The summed E-state index contributed by atoms with van der Waals surface area (Å²) in [5.41, 5.74) is 8.34. The minimum atomic E-state index is -3.75. The number of hydrogen-bond donors (Lipinski definition) is 2. The average molecular weight is 1010 g/mol. The topological polar surface area (TPSA) is 196 Å². The summed E-state index contributed by atoms with van der Waals surface area (Å²) < 4.78 is 72.4. The van der Waals surface area contributed by atoms with Crippen LogP contribution in [0.1, 0.15) is 32.4 Å². The molecule has 1 amide bonds. The molecule has 0 aliphatic carbocycles. The molecule has 16 nitrogen and oxygen atoms in total. The standard InChI is InChI=1S/C17H11Cl2F2N5O3.C11H6ClF2N3O2.C6H6Cl2N2O.CH2Cl2/c1-7-14(19)15(26(2)25-7)16(27)24-13-6-22-10(5-23-13)8-3-11-12(4-9(8)18)29-17(20,21)28-11;12-6-2-9-8(18-11(13,14)19-9)1-5(6)7-3-17-10(15)4-16-7;1-3-4(7)5(6(8)11)10(2)9-3;2-1-3/h3-6H,1-2H3,(H,23,24,27);1-4H,(H2,15,17);1-2H3;1H2. The van der Waals surface area contributed by atoms with E-state index in [1.165, 1.54) is 58.4 Å². The van der Waals surface area contributed by atoms with Gasteiger partial charge in [0, 0.05) is 37.4 Å². The number of ether oxygens (including phenoxy) is 4. The molecule has 27 heteroatoms. The van der Waals surface area contributed by atoms with Crippen LogP contribution in [0.15, 0.2) is 49.1 Å². The van der Waals surface area contributed by atoms with E-state index in [0.717, 1.165) is 0 Å². The van der Waals surface area contributed by atoms with Gasteiger partial charge in [-0.3, -0.25) is 28.9 Å². The molecule has 2 aromatic carbocycles. The third kappa shape index (κ3) is 11.3. The van der Waals surface area contributed by atoms with Gasteiger partial charge in [0.15, 0.2) is 28.8 Å². The van der Waals surface area contributed by atoms with E-state index in [2.05, 4.69) is 54.4 Å². The Bertz CT molecular complexity index is 2640. The molecule has 6 heterocycles. The molecule has 3 N–H and O–H groups in total. The van der Waals surface area contributed by atoms with Crippen molar-refractivity contribution in [2.75, 3.05) is 16.4 Å². The predicted octanol–water partition coefficient (Wildman–Crippen LogP) is 9.95. The average Bonchev–Trinajstić information content (AvgIpc) is 3.83. The summed E-state index contributed by atoms with van der Waals surface area (Å²) in [7, 11) is 3.21. The number of nitrogens with zero attached hydrogens (tertiary/aromatic N) is 8. The summed E-state index contributed by atoms with van der Waals surface area (Å²) in [6.07, 6.45) is -2.10. The maximum absolute atomic E-state index is 13.2. The molecular weight excluding hydrogens is 981 g/mol. The minimum absolute atomic E-state index is 0.108. The Kier molecular flexibility index (Phi) is 15.1. The van der Waals surface area contributed by atoms with Crippen molar-refractivity contribution in [2.24, 2.45) is 14.1 Å². The fourth-order valence-corrected chi connectivity index (χ4v) is 6.50. The van der Waals surface area contributed by atoms with Gasteiger partial charge in [0.25, 0.3) is 11.1 Å². The number of aromatic nitrogens is 8. The van der Waals surface area contributed by atoms with Crippen LogP contribution < -0.4 is 30.0 Å². The van der Waals surface area contributed by atoms with Crippen LogP contribution in [0.3, 0.4) is 0 Å². The van der Waals surface area contributed by atoms with Gasteiger partial charge in [-0.25, -0.2) is 9.97 Å². The molecule has 0 atom stereocenters. The van der Waals surface area contributed by atoms with Gasteiger partial charge < -0.3 is 30.0 Å². The van der Waals surface area contributed by atoms with Crippen LogP contribution in [0.25, 0.3) is 22.5 Å². The molecule has 62 heavy (non-hydrogen) atoms. The third-order valence-corrected chi connectivity index (χ3v) is 9.51. The SMILES string of the molecule is Cc1nn(C)c(C(=O)Cl)c1Cl.Cc1nn(C)c(C(=O)Nc2cnc(-c3cc4c(cc3Cl)OC(F)(F)O4)cn2)c1Cl.ClCCl.Nc1cnc(-c2cc3c(cc2Cl)OC(F)(F)O3)cn1. The molecule has 8 rings (SSSR count). The third-order valence-electron chi connectivity index (χ3n) is 7.80. The largest absolute Gasteiger partial charge is 0.586 e. The number of carbonyl (C=O) groups is 2. The number of hydrogen-bond acceptors (Lipinski definition) is 13. The Morgan fingerprint density at radius 3 is 1.42 bits per heavy atom. The zero-order valence-electron chi connectivity index (χ0n) is 31.6. The predicted molar refractivity (Wildman–Crippen MR) is 222 cm³/mol. The Morgan fingerprint density at radius 1 is 0.677 bits per heavy atom. The molecular formula is C35H25Cl7F4N10O6. The Labute approximate surface area is 382 Å². The monoisotopic (exact) mass is 1000 g/mol. The first-order chi connectivity index (χ1) is 29.0. The number of aryl methyl sites for hydroxylation is 4. The summed E-state index contributed by atoms with van der Waals surface area (Å²) in [5.74, 6) is -0.698. The molecule has 0 fully saturated rings. The van der Waals surface area contributed by atoms with E-state index in [4.69, 9.17) is 86.9 Å². The molecule has 6 aromatic rings. The fraction of sp³-hybridized carbons (Fsp3) is 0.200. The van der Waals surface area contributed by atoms with Gasteiger partial charge in [-0.05, 0) is 37.6 Å². The number of nitrogen functional groups attached to an aromatic ring is 1. The lowest BCUT2D eigenvalue weighted by Crippen LogP contribution is -2.25. The summed E-state index contributed by atoms with van der Waals surface area (Å²) in [4.78, 5) is 39.3. The van der Waals surface area contributed by atoms with E-state index in [-0.39, 0.29) is 72.1 Å². The van der Waals surface area contributed by atoms with Crippen LogP contribution in [0.5, 0.6) is 23.0 Å². The summed E-state index contributed by atoms with van der Waals surface area (Å²) in [5, 5.41) is 11.0. The van der Waals surface area contributed by atoms with Crippen LogP contribution in [-0.4, -0.2) is 68.6 Å². The molecule has 0 radical (unpaired) electrons.